The number of phenolic OH excluding ortho intramolecular Hbond substituents is 1. The van der Waals surface area contributed by atoms with E-state index in [4.69, 9.17) is 4.74 Å². The summed E-state index contributed by atoms with van der Waals surface area (Å²) >= 11 is 0. The van der Waals surface area contributed by atoms with E-state index >= 15 is 0 Å². The topological polar surface area (TPSA) is 32.7 Å². The molecule has 1 heterocycles. The number of nitrogens with zero attached hydrogens (tertiary/aromatic N) is 1. The molecule has 0 aliphatic carbocycles. The zero-order chi connectivity index (χ0) is 13.7. The van der Waals surface area contributed by atoms with Crippen molar-refractivity contribution in [3.05, 3.63) is 29.3 Å². The van der Waals surface area contributed by atoms with Crippen molar-refractivity contribution in [3.8, 4) is 5.75 Å². The van der Waals surface area contributed by atoms with Gasteiger partial charge in [-0.25, -0.2) is 0 Å². The summed E-state index contributed by atoms with van der Waals surface area (Å²) in [5.41, 5.74) is 2.39. The predicted octanol–water partition coefficient (Wildman–Crippen LogP) is 2.78. The minimum atomic E-state index is 0.436. The molecule has 1 saturated heterocycles. The maximum atomic E-state index is 9.92. The molecule has 0 saturated carbocycles. The average Bonchev–Trinajstić information content (AvgIpc) is 2.42. The molecule has 0 bridgehead atoms. The summed E-state index contributed by atoms with van der Waals surface area (Å²) < 4.78 is 5.34. The van der Waals surface area contributed by atoms with Crippen LogP contribution in [0.2, 0.25) is 0 Å². The molecule has 0 unspecified atom stereocenters. The van der Waals surface area contributed by atoms with Crippen LogP contribution in [0.4, 0.5) is 0 Å². The molecule has 0 radical (unpaired) electrons. The number of benzene rings is 1. The van der Waals surface area contributed by atoms with Crippen molar-refractivity contribution in [1.82, 2.24) is 4.90 Å². The smallest absolute Gasteiger partial charge is 0.118 e. The summed E-state index contributed by atoms with van der Waals surface area (Å²) in [6.07, 6.45) is 2.04. The Morgan fingerprint density at radius 1 is 1.26 bits per heavy atom. The van der Waals surface area contributed by atoms with Crippen molar-refractivity contribution < 1.29 is 9.84 Å². The van der Waals surface area contributed by atoms with E-state index in [1.54, 1.807) is 0 Å². The van der Waals surface area contributed by atoms with Gasteiger partial charge < -0.3 is 9.84 Å². The highest BCUT2D eigenvalue weighted by Gasteiger charge is 2.10. The molecule has 3 heteroatoms. The number of aromatic hydroxyl groups is 1. The Balaban J connectivity index is 1.86. The van der Waals surface area contributed by atoms with Crippen LogP contribution in [0.25, 0.3) is 0 Å². The lowest BCUT2D eigenvalue weighted by molar-refractivity contribution is 0.0374. The van der Waals surface area contributed by atoms with Crippen molar-refractivity contribution >= 4 is 0 Å². The Hall–Kier alpha value is -1.06. The van der Waals surface area contributed by atoms with Crippen molar-refractivity contribution in [1.29, 1.82) is 0 Å². The fourth-order valence-electron chi connectivity index (χ4n) is 2.48. The highest BCUT2D eigenvalue weighted by atomic mass is 16.5. The highest BCUT2D eigenvalue weighted by Crippen LogP contribution is 2.24. The Labute approximate surface area is 116 Å². The van der Waals surface area contributed by atoms with Crippen molar-refractivity contribution in [2.45, 2.75) is 32.6 Å². The van der Waals surface area contributed by atoms with Crippen molar-refractivity contribution in [2.75, 3.05) is 32.8 Å². The molecule has 1 fully saturated rings. The van der Waals surface area contributed by atoms with Gasteiger partial charge in [0.25, 0.3) is 0 Å². The average molecular weight is 263 g/mol. The molecular weight excluding hydrogens is 238 g/mol. The molecule has 106 valence electrons. The number of hydrogen-bond acceptors (Lipinski definition) is 3. The first kappa shape index (κ1) is 14.4. The van der Waals surface area contributed by atoms with E-state index in [0.29, 0.717) is 11.7 Å². The van der Waals surface area contributed by atoms with Crippen LogP contribution in [0.15, 0.2) is 18.2 Å². The first-order valence-electron chi connectivity index (χ1n) is 7.28. The van der Waals surface area contributed by atoms with E-state index in [9.17, 15) is 5.11 Å². The van der Waals surface area contributed by atoms with Gasteiger partial charge in [-0.3, -0.25) is 4.90 Å². The molecule has 1 aliphatic heterocycles. The Morgan fingerprint density at radius 3 is 2.68 bits per heavy atom. The van der Waals surface area contributed by atoms with Gasteiger partial charge >= 0.3 is 0 Å². The monoisotopic (exact) mass is 263 g/mol. The van der Waals surface area contributed by atoms with Crippen molar-refractivity contribution in [3.63, 3.8) is 0 Å². The van der Waals surface area contributed by atoms with E-state index in [0.717, 1.165) is 51.3 Å². The molecule has 2 rings (SSSR count). The van der Waals surface area contributed by atoms with Crippen LogP contribution in [0, 0.1) is 0 Å². The SMILES string of the molecule is CC(C)c1ccc(O)c(CCCN2CCOCC2)c1. The molecular formula is C16H25NO2. The van der Waals surface area contributed by atoms with Crippen LogP contribution in [0.1, 0.15) is 37.3 Å². The summed E-state index contributed by atoms with van der Waals surface area (Å²) in [5, 5.41) is 9.92. The van der Waals surface area contributed by atoms with Gasteiger partial charge in [0, 0.05) is 13.1 Å². The fraction of sp³-hybridized carbons (Fsp3) is 0.625. The Bertz CT molecular complexity index is 398. The van der Waals surface area contributed by atoms with Crippen LogP contribution in [-0.4, -0.2) is 42.9 Å². The van der Waals surface area contributed by atoms with Gasteiger partial charge in [-0.2, -0.15) is 0 Å². The van der Waals surface area contributed by atoms with E-state index in [1.165, 1.54) is 5.56 Å². The van der Waals surface area contributed by atoms with Crippen LogP contribution < -0.4 is 0 Å². The lowest BCUT2D eigenvalue weighted by Crippen LogP contribution is -2.36. The van der Waals surface area contributed by atoms with Gasteiger partial charge in [-0.1, -0.05) is 26.0 Å². The molecule has 1 aromatic rings. The van der Waals surface area contributed by atoms with Crippen LogP contribution in [0.3, 0.4) is 0 Å². The predicted molar refractivity (Wildman–Crippen MR) is 77.8 cm³/mol. The van der Waals surface area contributed by atoms with Gasteiger partial charge in [-0.05, 0) is 42.5 Å². The number of ether oxygens (including phenoxy) is 1. The Morgan fingerprint density at radius 2 is 2.00 bits per heavy atom. The molecule has 1 N–H and O–H groups in total. The lowest BCUT2D eigenvalue weighted by Gasteiger charge is -2.26. The van der Waals surface area contributed by atoms with Crippen LogP contribution in [0.5, 0.6) is 5.75 Å². The zero-order valence-electron chi connectivity index (χ0n) is 12.1. The summed E-state index contributed by atoms with van der Waals surface area (Å²) in [6, 6.07) is 6.00. The van der Waals surface area contributed by atoms with Gasteiger partial charge in [0.2, 0.25) is 0 Å². The maximum absolute atomic E-state index is 9.92. The third-order valence-corrected chi connectivity index (χ3v) is 3.79. The standard InChI is InChI=1S/C16H25NO2/c1-13(2)14-5-6-16(18)15(12-14)4-3-7-17-8-10-19-11-9-17/h5-6,12-13,18H,3-4,7-11H2,1-2H3. The number of aryl methyl sites for hydroxylation is 1. The molecule has 1 aliphatic rings. The Kier molecular flexibility index (Phi) is 5.23. The summed E-state index contributed by atoms with van der Waals surface area (Å²) in [4.78, 5) is 2.44. The lowest BCUT2D eigenvalue weighted by atomic mass is 9.98. The second-order valence-corrected chi connectivity index (χ2v) is 5.60. The molecule has 1 aromatic carbocycles. The van der Waals surface area contributed by atoms with Crippen LogP contribution in [-0.2, 0) is 11.2 Å². The van der Waals surface area contributed by atoms with Gasteiger partial charge in [0.1, 0.15) is 5.75 Å². The first-order chi connectivity index (χ1) is 9.16. The molecule has 0 spiro atoms. The maximum Gasteiger partial charge on any atom is 0.118 e. The first-order valence-corrected chi connectivity index (χ1v) is 7.28. The second-order valence-electron chi connectivity index (χ2n) is 5.60. The van der Waals surface area contributed by atoms with Gasteiger partial charge in [-0.15, -0.1) is 0 Å². The molecule has 19 heavy (non-hydrogen) atoms. The summed E-state index contributed by atoms with van der Waals surface area (Å²) in [5.74, 6) is 0.949. The third kappa shape index (κ3) is 4.22. The van der Waals surface area contributed by atoms with Crippen molar-refractivity contribution in [2.24, 2.45) is 0 Å². The number of hydrogen-bond donors (Lipinski definition) is 1. The molecule has 0 aromatic heterocycles. The quantitative estimate of drug-likeness (QED) is 0.886. The minimum absolute atomic E-state index is 0.436. The number of rotatable bonds is 5. The van der Waals surface area contributed by atoms with Crippen LogP contribution >= 0.6 is 0 Å². The van der Waals surface area contributed by atoms with E-state index < -0.39 is 0 Å². The zero-order valence-corrected chi connectivity index (χ0v) is 12.1. The summed E-state index contributed by atoms with van der Waals surface area (Å²) in [6.45, 7) is 9.25. The van der Waals surface area contributed by atoms with Gasteiger partial charge in [0.15, 0.2) is 0 Å². The fourth-order valence-corrected chi connectivity index (χ4v) is 2.48. The summed E-state index contributed by atoms with van der Waals surface area (Å²) in [7, 11) is 0. The minimum Gasteiger partial charge on any atom is -0.508 e. The number of morpholine rings is 1. The highest BCUT2D eigenvalue weighted by molar-refractivity contribution is 5.37. The van der Waals surface area contributed by atoms with E-state index in [1.807, 2.05) is 12.1 Å². The normalized spacial score (nSPS) is 17.0. The molecule has 0 amide bonds. The second kappa shape index (κ2) is 6.92. The molecule has 0 atom stereocenters. The molecule has 3 nitrogen and oxygen atoms in total. The number of phenols is 1. The van der Waals surface area contributed by atoms with E-state index in [2.05, 4.69) is 24.8 Å². The van der Waals surface area contributed by atoms with E-state index in [-0.39, 0.29) is 0 Å². The largest absolute Gasteiger partial charge is 0.508 e. The van der Waals surface area contributed by atoms with Gasteiger partial charge in [0.05, 0.1) is 13.2 Å². The third-order valence-electron chi connectivity index (χ3n) is 3.79.